The zero-order chi connectivity index (χ0) is 11.4. The minimum Gasteiger partial charge on any atom is -0.394 e. The molecule has 3 N–H and O–H groups in total. The third-order valence-electron chi connectivity index (χ3n) is 1.22. The third-order valence-corrected chi connectivity index (χ3v) is 1.22. The Balaban J connectivity index is -0.000000187. The van der Waals surface area contributed by atoms with E-state index < -0.39 is 6.10 Å². The molecular weight excluding hydrogens is 200 g/mol. The van der Waals surface area contributed by atoms with E-state index in [2.05, 4.69) is 0 Å². The van der Waals surface area contributed by atoms with Crippen LogP contribution in [0, 0.1) is 0 Å². The van der Waals surface area contributed by atoms with E-state index in [-0.39, 0.29) is 26.9 Å². The lowest BCUT2D eigenvalue weighted by Crippen LogP contribution is -2.15. The first-order valence-electron chi connectivity index (χ1n) is 4.75. The molecule has 0 amide bonds. The third kappa shape index (κ3) is 20.0. The van der Waals surface area contributed by atoms with Gasteiger partial charge in [-0.1, -0.05) is 7.43 Å². The average Bonchev–Trinajstić information content (AvgIpc) is 2.18. The summed E-state index contributed by atoms with van der Waals surface area (Å²) in [6.45, 7) is 6.52. The molecule has 0 aromatic heterocycles. The SMILES string of the molecule is C.CCOC(C)OCC.OCC(O)CO. The molecule has 0 saturated heterocycles. The fourth-order valence-corrected chi connectivity index (χ4v) is 0.575. The summed E-state index contributed by atoms with van der Waals surface area (Å²) in [5, 5.41) is 24.0. The molecule has 0 bridgehead atoms. The van der Waals surface area contributed by atoms with Gasteiger partial charge in [-0.05, 0) is 20.8 Å². The predicted molar refractivity (Wildman–Crippen MR) is 59.6 cm³/mol. The van der Waals surface area contributed by atoms with Gasteiger partial charge in [0.25, 0.3) is 0 Å². The molecule has 0 atom stereocenters. The molecule has 0 saturated carbocycles. The first-order valence-corrected chi connectivity index (χ1v) is 4.75. The van der Waals surface area contributed by atoms with Crippen molar-refractivity contribution >= 4 is 0 Å². The molecule has 0 aromatic carbocycles. The van der Waals surface area contributed by atoms with Gasteiger partial charge in [0.1, 0.15) is 6.10 Å². The normalized spacial score (nSPS) is 9.60. The van der Waals surface area contributed by atoms with Gasteiger partial charge in [0, 0.05) is 13.2 Å². The van der Waals surface area contributed by atoms with E-state index >= 15 is 0 Å². The lowest BCUT2D eigenvalue weighted by Gasteiger charge is -2.09. The van der Waals surface area contributed by atoms with Gasteiger partial charge in [-0.3, -0.25) is 0 Å². The summed E-state index contributed by atoms with van der Waals surface area (Å²) in [5.74, 6) is 0. The van der Waals surface area contributed by atoms with Crippen molar-refractivity contribution in [1.29, 1.82) is 0 Å². The van der Waals surface area contributed by atoms with E-state index in [0.717, 1.165) is 13.2 Å². The van der Waals surface area contributed by atoms with E-state index in [1.54, 1.807) is 0 Å². The van der Waals surface area contributed by atoms with Crippen LogP contribution in [0.25, 0.3) is 0 Å². The predicted octanol–water partition coefficient (Wildman–Crippen LogP) is 0.373. The molecule has 15 heavy (non-hydrogen) atoms. The smallest absolute Gasteiger partial charge is 0.154 e. The topological polar surface area (TPSA) is 79.2 Å². The first kappa shape index (κ1) is 20.2. The van der Waals surface area contributed by atoms with Gasteiger partial charge in [0.2, 0.25) is 0 Å². The van der Waals surface area contributed by atoms with Gasteiger partial charge in [0.05, 0.1) is 13.2 Å². The van der Waals surface area contributed by atoms with Crippen molar-refractivity contribution in [3.63, 3.8) is 0 Å². The molecule has 0 fully saturated rings. The Morgan fingerprint density at radius 2 is 1.33 bits per heavy atom. The Hall–Kier alpha value is -0.200. The second-order valence-corrected chi connectivity index (χ2v) is 2.50. The molecule has 5 nitrogen and oxygen atoms in total. The summed E-state index contributed by atoms with van der Waals surface area (Å²) in [6, 6.07) is 0. The largest absolute Gasteiger partial charge is 0.394 e. The van der Waals surface area contributed by atoms with Crippen molar-refractivity contribution < 1.29 is 24.8 Å². The van der Waals surface area contributed by atoms with Crippen molar-refractivity contribution in [2.45, 2.75) is 40.6 Å². The molecule has 0 rings (SSSR count). The number of aliphatic hydroxyl groups is 3. The quantitative estimate of drug-likeness (QED) is 0.570. The van der Waals surface area contributed by atoms with Crippen LogP contribution in [0.2, 0.25) is 0 Å². The van der Waals surface area contributed by atoms with Crippen LogP contribution in [0.3, 0.4) is 0 Å². The van der Waals surface area contributed by atoms with Crippen LogP contribution in [-0.2, 0) is 9.47 Å². The Kier molecular flexibility index (Phi) is 21.9. The molecule has 96 valence electrons. The standard InChI is InChI=1S/C6H14O2.C3H8O3.CH4/c1-4-7-6(3)8-5-2;4-1-3(6)2-5;/h6H,4-5H2,1-3H3;3-6H,1-2H2;1H4. The Morgan fingerprint density at radius 3 is 1.47 bits per heavy atom. The van der Waals surface area contributed by atoms with Gasteiger partial charge in [0.15, 0.2) is 6.29 Å². The van der Waals surface area contributed by atoms with Crippen LogP contribution in [-0.4, -0.2) is 54.1 Å². The zero-order valence-corrected chi connectivity index (χ0v) is 9.14. The minimum atomic E-state index is -0.954. The zero-order valence-electron chi connectivity index (χ0n) is 9.14. The van der Waals surface area contributed by atoms with Crippen LogP contribution >= 0.6 is 0 Å². The van der Waals surface area contributed by atoms with E-state index in [1.807, 2.05) is 20.8 Å². The summed E-state index contributed by atoms with van der Waals surface area (Å²) >= 11 is 0. The van der Waals surface area contributed by atoms with Gasteiger partial charge >= 0.3 is 0 Å². The minimum absolute atomic E-state index is 0. The van der Waals surface area contributed by atoms with Crippen LogP contribution in [0.4, 0.5) is 0 Å². The molecule has 0 aliphatic heterocycles. The molecule has 0 radical (unpaired) electrons. The molecule has 5 heteroatoms. The molecule has 0 aliphatic rings. The second kappa shape index (κ2) is 16.2. The van der Waals surface area contributed by atoms with Crippen LogP contribution in [0.15, 0.2) is 0 Å². The summed E-state index contributed by atoms with van der Waals surface area (Å²) in [5.41, 5.74) is 0. The van der Waals surface area contributed by atoms with Crippen LogP contribution in [0.5, 0.6) is 0 Å². The van der Waals surface area contributed by atoms with Gasteiger partial charge < -0.3 is 24.8 Å². The summed E-state index contributed by atoms with van der Waals surface area (Å²) < 4.78 is 10.1. The molecule has 0 unspecified atom stereocenters. The fourth-order valence-electron chi connectivity index (χ4n) is 0.575. The van der Waals surface area contributed by atoms with E-state index in [9.17, 15) is 0 Å². The van der Waals surface area contributed by atoms with Crippen LogP contribution in [0.1, 0.15) is 28.2 Å². The van der Waals surface area contributed by atoms with Crippen molar-refractivity contribution in [3.05, 3.63) is 0 Å². The maximum absolute atomic E-state index is 8.17. The molecule has 0 aromatic rings. The number of hydrogen-bond donors (Lipinski definition) is 3. The number of rotatable bonds is 6. The van der Waals surface area contributed by atoms with Crippen molar-refractivity contribution in [2.75, 3.05) is 26.4 Å². The molecular formula is C10H26O5. The maximum atomic E-state index is 8.17. The number of hydrogen-bond acceptors (Lipinski definition) is 5. The Bertz CT molecular complexity index is 89.8. The van der Waals surface area contributed by atoms with E-state index in [0.29, 0.717) is 0 Å². The van der Waals surface area contributed by atoms with Gasteiger partial charge in [-0.25, -0.2) is 0 Å². The van der Waals surface area contributed by atoms with Gasteiger partial charge in [-0.15, -0.1) is 0 Å². The number of ether oxygens (including phenoxy) is 2. The summed E-state index contributed by atoms with van der Waals surface area (Å²) in [6.07, 6.45) is -0.991. The maximum Gasteiger partial charge on any atom is 0.154 e. The highest BCUT2D eigenvalue weighted by Crippen LogP contribution is 1.90. The highest BCUT2D eigenvalue weighted by atomic mass is 16.7. The molecule has 0 heterocycles. The first-order chi connectivity index (χ1) is 6.62. The van der Waals surface area contributed by atoms with Crippen LogP contribution < -0.4 is 0 Å². The lowest BCUT2D eigenvalue weighted by atomic mass is 10.4. The Labute approximate surface area is 92.6 Å². The van der Waals surface area contributed by atoms with E-state index in [1.165, 1.54) is 0 Å². The van der Waals surface area contributed by atoms with E-state index in [4.69, 9.17) is 24.8 Å². The fraction of sp³-hybridized carbons (Fsp3) is 1.00. The lowest BCUT2D eigenvalue weighted by molar-refractivity contribution is -0.123. The summed E-state index contributed by atoms with van der Waals surface area (Å²) in [7, 11) is 0. The monoisotopic (exact) mass is 226 g/mol. The Morgan fingerprint density at radius 1 is 1.00 bits per heavy atom. The average molecular weight is 226 g/mol. The van der Waals surface area contributed by atoms with Crippen molar-refractivity contribution in [1.82, 2.24) is 0 Å². The van der Waals surface area contributed by atoms with Gasteiger partial charge in [-0.2, -0.15) is 0 Å². The summed E-state index contributed by atoms with van der Waals surface area (Å²) in [4.78, 5) is 0. The second-order valence-electron chi connectivity index (χ2n) is 2.50. The van der Waals surface area contributed by atoms with Crippen molar-refractivity contribution in [2.24, 2.45) is 0 Å². The molecule has 0 spiro atoms. The highest BCUT2D eigenvalue weighted by Gasteiger charge is 1.95. The highest BCUT2D eigenvalue weighted by molar-refractivity contribution is 4.44. The number of aliphatic hydroxyl groups excluding tert-OH is 3. The van der Waals surface area contributed by atoms with Crippen molar-refractivity contribution in [3.8, 4) is 0 Å². The molecule has 0 aliphatic carbocycles.